The monoisotopic (exact) mass is 309 g/mol. The number of amides is 3. The van der Waals surface area contributed by atoms with E-state index in [4.69, 9.17) is 5.73 Å². The fourth-order valence-electron chi connectivity index (χ4n) is 2.70. The average molecular weight is 309 g/mol. The van der Waals surface area contributed by atoms with Gasteiger partial charge in [0, 0.05) is 11.7 Å². The van der Waals surface area contributed by atoms with E-state index >= 15 is 0 Å². The molecule has 3 rings (SSSR count). The number of carbonyl (C=O) groups excluding carboxylic acids is 2. The third kappa shape index (κ3) is 2.46. The highest BCUT2D eigenvalue weighted by Gasteiger charge is 2.44. The molecule has 0 aromatic heterocycles. The Morgan fingerprint density at radius 3 is 2.38 bits per heavy atom. The third-order valence-electron chi connectivity index (χ3n) is 3.79. The molecule has 21 heavy (non-hydrogen) atoms. The van der Waals surface area contributed by atoms with Crippen LogP contribution in [0.15, 0.2) is 24.3 Å². The second-order valence-corrected chi connectivity index (χ2v) is 7.52. The first-order chi connectivity index (χ1) is 9.87. The number of benzene rings is 1. The molecule has 2 heterocycles. The SMILES string of the molecule is Nc1ccc(N2C(=O)CN(C3CCS(=O)(=O)C3)C2=O)cc1. The van der Waals surface area contributed by atoms with E-state index in [-0.39, 0.29) is 24.0 Å². The van der Waals surface area contributed by atoms with Gasteiger partial charge in [-0.2, -0.15) is 0 Å². The maximum Gasteiger partial charge on any atom is 0.332 e. The number of nitrogens with zero attached hydrogens (tertiary/aromatic N) is 2. The Labute approximate surface area is 122 Å². The molecule has 0 saturated carbocycles. The molecule has 2 saturated heterocycles. The van der Waals surface area contributed by atoms with Gasteiger partial charge in [-0.1, -0.05) is 0 Å². The van der Waals surface area contributed by atoms with Crippen LogP contribution in [-0.4, -0.2) is 49.3 Å². The first kappa shape index (κ1) is 13.9. The lowest BCUT2D eigenvalue weighted by Crippen LogP contribution is -2.40. The normalized spacial score (nSPS) is 24.9. The molecule has 0 radical (unpaired) electrons. The molecule has 2 aliphatic heterocycles. The lowest BCUT2D eigenvalue weighted by atomic mass is 10.2. The van der Waals surface area contributed by atoms with Gasteiger partial charge in [0.1, 0.15) is 6.54 Å². The molecule has 2 aliphatic rings. The summed E-state index contributed by atoms with van der Waals surface area (Å²) in [6.07, 6.45) is 0.386. The number of imide groups is 1. The Morgan fingerprint density at radius 1 is 1.14 bits per heavy atom. The number of urea groups is 1. The summed E-state index contributed by atoms with van der Waals surface area (Å²) in [5.41, 5.74) is 6.57. The maximum absolute atomic E-state index is 12.4. The second kappa shape index (κ2) is 4.73. The minimum atomic E-state index is -3.10. The Hall–Kier alpha value is -2.09. The van der Waals surface area contributed by atoms with Gasteiger partial charge in [0.25, 0.3) is 5.91 Å². The third-order valence-corrected chi connectivity index (χ3v) is 5.54. The zero-order chi connectivity index (χ0) is 15.2. The molecule has 3 amide bonds. The van der Waals surface area contributed by atoms with E-state index in [1.54, 1.807) is 24.3 Å². The molecular formula is C13H15N3O4S. The van der Waals surface area contributed by atoms with Gasteiger partial charge in [0.15, 0.2) is 9.84 Å². The van der Waals surface area contributed by atoms with Crippen molar-refractivity contribution in [2.45, 2.75) is 12.5 Å². The van der Waals surface area contributed by atoms with Crippen LogP contribution in [-0.2, 0) is 14.6 Å². The van der Waals surface area contributed by atoms with E-state index in [2.05, 4.69) is 0 Å². The smallest absolute Gasteiger partial charge is 0.332 e. The van der Waals surface area contributed by atoms with Crippen LogP contribution in [0.3, 0.4) is 0 Å². The van der Waals surface area contributed by atoms with Crippen molar-refractivity contribution >= 4 is 33.2 Å². The summed E-state index contributed by atoms with van der Waals surface area (Å²) in [5.74, 6) is -0.354. The largest absolute Gasteiger partial charge is 0.399 e. The lowest BCUT2D eigenvalue weighted by molar-refractivity contribution is -0.116. The molecule has 112 valence electrons. The van der Waals surface area contributed by atoms with Crippen molar-refractivity contribution in [2.24, 2.45) is 0 Å². The van der Waals surface area contributed by atoms with E-state index in [0.29, 0.717) is 17.8 Å². The molecule has 1 atom stereocenters. The molecule has 1 aromatic carbocycles. The number of carbonyl (C=O) groups is 2. The van der Waals surface area contributed by atoms with Gasteiger partial charge in [-0.3, -0.25) is 4.79 Å². The van der Waals surface area contributed by atoms with Gasteiger partial charge in [0.2, 0.25) is 0 Å². The summed E-state index contributed by atoms with van der Waals surface area (Å²) in [7, 11) is -3.10. The van der Waals surface area contributed by atoms with Crippen LogP contribution >= 0.6 is 0 Å². The van der Waals surface area contributed by atoms with Crippen LogP contribution in [0, 0.1) is 0 Å². The van der Waals surface area contributed by atoms with Crippen molar-refractivity contribution in [3.63, 3.8) is 0 Å². The first-order valence-corrected chi connectivity index (χ1v) is 8.39. The Bertz CT molecular complexity index is 699. The Kier molecular flexibility index (Phi) is 3.12. The van der Waals surface area contributed by atoms with Gasteiger partial charge >= 0.3 is 6.03 Å². The summed E-state index contributed by atoms with van der Waals surface area (Å²) in [6, 6.07) is 5.54. The molecule has 0 spiro atoms. The van der Waals surface area contributed by atoms with Crippen molar-refractivity contribution in [1.29, 1.82) is 0 Å². The highest BCUT2D eigenvalue weighted by molar-refractivity contribution is 7.91. The van der Waals surface area contributed by atoms with E-state index in [1.807, 2.05) is 0 Å². The van der Waals surface area contributed by atoms with Crippen LogP contribution in [0.4, 0.5) is 16.2 Å². The number of hydrogen-bond acceptors (Lipinski definition) is 5. The summed E-state index contributed by atoms with van der Waals surface area (Å²) < 4.78 is 23.0. The highest BCUT2D eigenvalue weighted by Crippen LogP contribution is 2.27. The summed E-state index contributed by atoms with van der Waals surface area (Å²) in [4.78, 5) is 26.9. The molecule has 1 aromatic rings. The average Bonchev–Trinajstić information content (AvgIpc) is 2.91. The van der Waals surface area contributed by atoms with E-state index in [9.17, 15) is 18.0 Å². The number of rotatable bonds is 2. The van der Waals surface area contributed by atoms with Gasteiger partial charge in [-0.15, -0.1) is 0 Å². The number of nitrogens with two attached hydrogens (primary N) is 1. The zero-order valence-corrected chi connectivity index (χ0v) is 12.0. The standard InChI is InChI=1S/C13H15N3O4S/c14-9-1-3-10(4-2-9)16-12(17)7-15(13(16)18)11-5-6-21(19,20)8-11/h1-4,11H,5-8,14H2. The molecule has 1 unspecified atom stereocenters. The molecule has 2 fully saturated rings. The summed E-state index contributed by atoms with van der Waals surface area (Å²) in [5, 5.41) is 0. The van der Waals surface area contributed by atoms with Gasteiger partial charge < -0.3 is 10.6 Å². The Balaban J connectivity index is 1.84. The number of anilines is 2. The topological polar surface area (TPSA) is 101 Å². The first-order valence-electron chi connectivity index (χ1n) is 6.57. The van der Waals surface area contributed by atoms with Crippen molar-refractivity contribution in [2.75, 3.05) is 28.7 Å². The fourth-order valence-corrected chi connectivity index (χ4v) is 4.43. The number of sulfone groups is 1. The van der Waals surface area contributed by atoms with Crippen LogP contribution in [0.1, 0.15) is 6.42 Å². The van der Waals surface area contributed by atoms with Crippen LogP contribution in [0.2, 0.25) is 0 Å². The van der Waals surface area contributed by atoms with Crippen LogP contribution < -0.4 is 10.6 Å². The predicted octanol–water partition coefficient (Wildman–Crippen LogP) is 0.224. The molecule has 7 nitrogen and oxygen atoms in total. The minimum Gasteiger partial charge on any atom is -0.399 e. The number of nitrogen functional groups attached to an aromatic ring is 1. The van der Waals surface area contributed by atoms with Crippen LogP contribution in [0.25, 0.3) is 0 Å². The van der Waals surface area contributed by atoms with Gasteiger partial charge in [0.05, 0.1) is 17.2 Å². The molecule has 2 N–H and O–H groups in total. The quantitative estimate of drug-likeness (QED) is 0.622. The molecule has 8 heteroatoms. The van der Waals surface area contributed by atoms with Crippen molar-refractivity contribution in [3.05, 3.63) is 24.3 Å². The minimum absolute atomic E-state index is 0.0670. The highest BCUT2D eigenvalue weighted by atomic mass is 32.2. The summed E-state index contributed by atoms with van der Waals surface area (Å²) in [6.45, 7) is -0.0800. The number of hydrogen-bond donors (Lipinski definition) is 1. The van der Waals surface area contributed by atoms with Gasteiger partial charge in [-0.25, -0.2) is 18.1 Å². The van der Waals surface area contributed by atoms with Crippen molar-refractivity contribution in [1.82, 2.24) is 4.90 Å². The fraction of sp³-hybridized carbons (Fsp3) is 0.385. The molecule has 0 bridgehead atoms. The zero-order valence-electron chi connectivity index (χ0n) is 11.2. The van der Waals surface area contributed by atoms with Crippen molar-refractivity contribution in [3.8, 4) is 0 Å². The Morgan fingerprint density at radius 2 is 1.81 bits per heavy atom. The maximum atomic E-state index is 12.4. The molecular weight excluding hydrogens is 294 g/mol. The van der Waals surface area contributed by atoms with E-state index in [1.165, 1.54) is 4.90 Å². The second-order valence-electron chi connectivity index (χ2n) is 5.29. The lowest BCUT2D eigenvalue weighted by Gasteiger charge is -2.22. The van der Waals surface area contributed by atoms with Crippen LogP contribution in [0.5, 0.6) is 0 Å². The molecule has 0 aliphatic carbocycles. The van der Waals surface area contributed by atoms with E-state index < -0.39 is 21.9 Å². The summed E-state index contributed by atoms with van der Waals surface area (Å²) >= 11 is 0. The predicted molar refractivity (Wildman–Crippen MR) is 77.5 cm³/mol. The van der Waals surface area contributed by atoms with E-state index in [0.717, 1.165) is 4.90 Å². The van der Waals surface area contributed by atoms with Gasteiger partial charge in [-0.05, 0) is 30.7 Å². The van der Waals surface area contributed by atoms with Crippen molar-refractivity contribution < 1.29 is 18.0 Å².